The molecule has 3 heterocycles. The molecule has 104 valence electrons. The van der Waals surface area contributed by atoms with Crippen molar-refractivity contribution >= 4 is 40.5 Å². The van der Waals surface area contributed by atoms with Crippen molar-refractivity contribution in [1.82, 2.24) is 25.3 Å². The molecule has 2 amide bonds. The van der Waals surface area contributed by atoms with E-state index in [2.05, 4.69) is 30.6 Å². The molecule has 0 spiro atoms. The number of hydrogen-bond donors (Lipinski definition) is 3. The Kier molecular flexibility index (Phi) is 3.23. The summed E-state index contributed by atoms with van der Waals surface area (Å²) < 4.78 is 0. The van der Waals surface area contributed by atoms with E-state index in [0.29, 0.717) is 30.6 Å². The molecule has 1 aliphatic heterocycles. The molecule has 0 bridgehead atoms. The number of aromatic amines is 1. The van der Waals surface area contributed by atoms with Gasteiger partial charge in [0, 0.05) is 13.0 Å². The van der Waals surface area contributed by atoms with E-state index in [1.165, 1.54) is 6.33 Å². The lowest BCUT2D eigenvalue weighted by Gasteiger charge is -2.21. The van der Waals surface area contributed by atoms with Gasteiger partial charge >= 0.3 is 0 Å². The van der Waals surface area contributed by atoms with Gasteiger partial charge in [-0.3, -0.25) is 14.9 Å². The highest BCUT2D eigenvalue weighted by Crippen LogP contribution is 2.19. The average Bonchev–Trinajstić information content (AvgIpc) is 2.88. The van der Waals surface area contributed by atoms with Crippen LogP contribution in [0.2, 0.25) is 5.15 Å². The molecule has 8 nitrogen and oxygen atoms in total. The smallest absolute Gasteiger partial charge is 0.233 e. The molecule has 3 N–H and O–H groups in total. The number of nitrogens with zero attached hydrogens (tertiary/aromatic N) is 3. The number of piperidine rings is 1. The monoisotopic (exact) mass is 294 g/mol. The molecule has 1 aliphatic rings. The largest absolute Gasteiger partial charge is 0.355 e. The summed E-state index contributed by atoms with van der Waals surface area (Å²) in [7, 11) is 0. The Balaban J connectivity index is 1.75. The van der Waals surface area contributed by atoms with Crippen LogP contribution in [0.3, 0.4) is 0 Å². The van der Waals surface area contributed by atoms with Crippen molar-refractivity contribution in [3.8, 4) is 0 Å². The van der Waals surface area contributed by atoms with Gasteiger partial charge < -0.3 is 10.3 Å². The van der Waals surface area contributed by atoms with Gasteiger partial charge in [0.1, 0.15) is 5.52 Å². The lowest BCUT2D eigenvalue weighted by molar-refractivity contribution is -0.126. The maximum atomic E-state index is 12.0. The second-order valence-electron chi connectivity index (χ2n) is 4.47. The lowest BCUT2D eigenvalue weighted by atomic mass is 9.98. The Morgan fingerprint density at radius 3 is 3.05 bits per heavy atom. The van der Waals surface area contributed by atoms with E-state index in [0.717, 1.165) is 0 Å². The fourth-order valence-corrected chi connectivity index (χ4v) is 2.24. The van der Waals surface area contributed by atoms with Crippen LogP contribution in [0.25, 0.3) is 11.2 Å². The Hall–Kier alpha value is -2.22. The molecule has 0 saturated carbocycles. The topological polar surface area (TPSA) is 113 Å². The van der Waals surface area contributed by atoms with Gasteiger partial charge in [-0.2, -0.15) is 9.97 Å². The zero-order valence-electron chi connectivity index (χ0n) is 10.3. The predicted molar refractivity (Wildman–Crippen MR) is 71.1 cm³/mol. The highest BCUT2D eigenvalue weighted by Gasteiger charge is 2.25. The third kappa shape index (κ3) is 2.42. The third-order valence-electron chi connectivity index (χ3n) is 3.11. The summed E-state index contributed by atoms with van der Waals surface area (Å²) in [6.45, 7) is 0.322. The average molecular weight is 295 g/mol. The molecule has 0 aliphatic carbocycles. The van der Waals surface area contributed by atoms with Crippen molar-refractivity contribution in [2.24, 2.45) is 5.92 Å². The van der Waals surface area contributed by atoms with Crippen molar-refractivity contribution in [2.45, 2.75) is 12.8 Å². The van der Waals surface area contributed by atoms with Gasteiger partial charge in [-0.25, -0.2) is 4.98 Å². The zero-order valence-corrected chi connectivity index (χ0v) is 11.1. The van der Waals surface area contributed by atoms with Crippen LogP contribution < -0.4 is 10.6 Å². The van der Waals surface area contributed by atoms with E-state index in [4.69, 9.17) is 11.6 Å². The minimum Gasteiger partial charge on any atom is -0.355 e. The van der Waals surface area contributed by atoms with Crippen LogP contribution in [0.5, 0.6) is 0 Å². The highest BCUT2D eigenvalue weighted by molar-refractivity contribution is 6.33. The van der Waals surface area contributed by atoms with Gasteiger partial charge in [0.25, 0.3) is 0 Å². The molecule has 3 rings (SSSR count). The first-order valence-corrected chi connectivity index (χ1v) is 6.45. The number of amides is 2. The van der Waals surface area contributed by atoms with Crippen LogP contribution in [-0.2, 0) is 9.59 Å². The van der Waals surface area contributed by atoms with E-state index in [1.807, 2.05) is 0 Å². The van der Waals surface area contributed by atoms with Crippen molar-refractivity contribution in [2.75, 3.05) is 11.9 Å². The number of anilines is 1. The van der Waals surface area contributed by atoms with Gasteiger partial charge in [0.2, 0.25) is 17.8 Å². The van der Waals surface area contributed by atoms with E-state index in [1.54, 1.807) is 0 Å². The minimum atomic E-state index is -0.287. The van der Waals surface area contributed by atoms with Gasteiger partial charge in [0.05, 0.1) is 12.2 Å². The van der Waals surface area contributed by atoms with Gasteiger partial charge in [-0.05, 0) is 6.42 Å². The van der Waals surface area contributed by atoms with Crippen molar-refractivity contribution in [3.63, 3.8) is 0 Å². The number of H-pyrrole nitrogens is 1. The number of aromatic nitrogens is 4. The highest BCUT2D eigenvalue weighted by atomic mass is 35.5. The van der Waals surface area contributed by atoms with Crippen molar-refractivity contribution in [3.05, 3.63) is 11.5 Å². The van der Waals surface area contributed by atoms with Crippen LogP contribution in [0, 0.1) is 5.92 Å². The molecule has 20 heavy (non-hydrogen) atoms. The number of imidazole rings is 1. The van der Waals surface area contributed by atoms with Crippen LogP contribution >= 0.6 is 11.6 Å². The first kappa shape index (κ1) is 12.8. The quantitative estimate of drug-likeness (QED) is 0.697. The van der Waals surface area contributed by atoms with Gasteiger partial charge in [-0.15, -0.1) is 0 Å². The molecule has 2 aromatic heterocycles. The lowest BCUT2D eigenvalue weighted by Crippen LogP contribution is -2.40. The van der Waals surface area contributed by atoms with Crippen LogP contribution in [0.15, 0.2) is 6.33 Å². The Morgan fingerprint density at radius 2 is 2.30 bits per heavy atom. The van der Waals surface area contributed by atoms with Gasteiger partial charge in [-0.1, -0.05) is 11.6 Å². The molecule has 2 aromatic rings. The summed E-state index contributed by atoms with van der Waals surface area (Å²) >= 11 is 5.96. The molecule has 1 atom stereocenters. The van der Waals surface area contributed by atoms with Crippen LogP contribution in [-0.4, -0.2) is 38.3 Å². The minimum absolute atomic E-state index is 0.0358. The Morgan fingerprint density at radius 1 is 1.45 bits per heavy atom. The first-order valence-electron chi connectivity index (χ1n) is 6.07. The first-order chi connectivity index (χ1) is 9.63. The van der Waals surface area contributed by atoms with E-state index in [9.17, 15) is 9.59 Å². The van der Waals surface area contributed by atoms with Gasteiger partial charge in [0.15, 0.2) is 10.8 Å². The van der Waals surface area contributed by atoms with E-state index in [-0.39, 0.29) is 28.8 Å². The maximum absolute atomic E-state index is 12.0. The summed E-state index contributed by atoms with van der Waals surface area (Å²) in [5.74, 6) is -0.455. The molecular formula is C11H11ClN6O2. The molecule has 1 unspecified atom stereocenters. The molecule has 1 fully saturated rings. The standard InChI is InChI=1S/C11H11ClN6O2/c12-8-7-9(15-4-14-7)17-11(16-8)18-10(20)5-1-2-6(19)13-3-5/h4-5H,1-3H2,(H,13,19)(H2,14,15,16,17,18,20). The van der Waals surface area contributed by atoms with E-state index >= 15 is 0 Å². The van der Waals surface area contributed by atoms with Crippen LogP contribution in [0.1, 0.15) is 12.8 Å². The fraction of sp³-hybridized carbons (Fsp3) is 0.364. The van der Waals surface area contributed by atoms with Crippen molar-refractivity contribution < 1.29 is 9.59 Å². The second-order valence-corrected chi connectivity index (χ2v) is 4.83. The fourth-order valence-electron chi connectivity index (χ4n) is 2.02. The number of carbonyl (C=O) groups excluding carboxylic acids is 2. The number of carbonyl (C=O) groups is 2. The zero-order chi connectivity index (χ0) is 14.1. The number of rotatable bonds is 2. The number of halogens is 1. The maximum Gasteiger partial charge on any atom is 0.233 e. The molecule has 9 heteroatoms. The summed E-state index contributed by atoms with van der Waals surface area (Å²) in [4.78, 5) is 38.0. The molecule has 0 radical (unpaired) electrons. The summed E-state index contributed by atoms with van der Waals surface area (Å²) in [6, 6.07) is 0. The summed E-state index contributed by atoms with van der Waals surface area (Å²) in [5.41, 5.74) is 0.909. The predicted octanol–water partition coefficient (Wildman–Crippen LogP) is 0.471. The van der Waals surface area contributed by atoms with Crippen LogP contribution in [0.4, 0.5) is 5.95 Å². The van der Waals surface area contributed by atoms with E-state index < -0.39 is 0 Å². The number of fused-ring (bicyclic) bond motifs is 1. The summed E-state index contributed by atoms with van der Waals surface area (Å²) in [5, 5.41) is 5.44. The summed E-state index contributed by atoms with van der Waals surface area (Å²) in [6.07, 6.45) is 2.31. The normalized spacial score (nSPS) is 18.9. The second kappa shape index (κ2) is 5.04. The Bertz CT molecular complexity index is 675. The third-order valence-corrected chi connectivity index (χ3v) is 3.39. The molecular weight excluding hydrogens is 284 g/mol. The Labute approximate surface area is 118 Å². The number of nitrogens with one attached hydrogen (secondary N) is 3. The van der Waals surface area contributed by atoms with Crippen molar-refractivity contribution in [1.29, 1.82) is 0 Å². The SMILES string of the molecule is O=C1CCC(C(=O)Nc2nc(Cl)c3[nH]cnc3n2)CN1. The molecule has 1 saturated heterocycles. The molecule has 0 aromatic carbocycles. The number of hydrogen-bond acceptors (Lipinski definition) is 5.